The zero-order valence-electron chi connectivity index (χ0n) is 6.72. The molecule has 0 amide bonds. The lowest BCUT2D eigenvalue weighted by molar-refractivity contribution is 0.00330. The van der Waals surface area contributed by atoms with E-state index < -0.39 is 5.60 Å². The van der Waals surface area contributed by atoms with E-state index >= 15 is 0 Å². The Morgan fingerprint density at radius 2 is 2.10 bits per heavy atom. The quantitative estimate of drug-likeness (QED) is 0.478. The second-order valence-corrected chi connectivity index (χ2v) is 2.31. The molecule has 0 aliphatic carbocycles. The highest BCUT2D eigenvalue weighted by atomic mass is 16.3. The van der Waals surface area contributed by atoms with Crippen LogP contribution in [0.3, 0.4) is 0 Å². The summed E-state index contributed by atoms with van der Waals surface area (Å²) in [6.45, 7) is 5.22. The molecule has 1 rings (SSSR count). The first-order valence-electron chi connectivity index (χ1n) is 3.81. The maximum absolute atomic E-state index is 9.19. The van der Waals surface area contributed by atoms with Crippen molar-refractivity contribution in [1.29, 1.82) is 0 Å². The van der Waals surface area contributed by atoms with Crippen LogP contribution >= 0.6 is 0 Å². The number of hydrogen-bond acceptors (Lipinski definition) is 3. The fourth-order valence-electron chi connectivity index (χ4n) is 0.865. The van der Waals surface area contributed by atoms with Gasteiger partial charge in [0.1, 0.15) is 5.60 Å². The van der Waals surface area contributed by atoms with Gasteiger partial charge in [-0.05, 0) is 13.0 Å². The van der Waals surface area contributed by atoms with Gasteiger partial charge < -0.3 is 15.5 Å². The molecule has 0 bridgehead atoms. The van der Waals surface area contributed by atoms with Crippen LogP contribution in [0.25, 0.3) is 0 Å². The monoisotopic (exact) mass is 147 g/mol. The lowest BCUT2D eigenvalue weighted by atomic mass is 10.1. The summed E-state index contributed by atoms with van der Waals surface area (Å²) in [6.07, 6.45) is 0.670. The largest absolute Gasteiger partial charge is 0.393 e. The summed E-state index contributed by atoms with van der Waals surface area (Å²) < 4.78 is 0. The molecule has 0 radical (unpaired) electrons. The van der Waals surface area contributed by atoms with Gasteiger partial charge >= 0.3 is 0 Å². The van der Waals surface area contributed by atoms with E-state index in [0.717, 1.165) is 6.54 Å². The van der Waals surface area contributed by atoms with Gasteiger partial charge in [0.05, 0.1) is 6.61 Å². The molecule has 10 heavy (non-hydrogen) atoms. The molecule has 1 atom stereocenters. The minimum Gasteiger partial charge on any atom is -0.393 e. The van der Waals surface area contributed by atoms with Crippen LogP contribution in [0, 0.1) is 0 Å². The fraction of sp³-hybridized carbons (Fsp3) is 1.00. The summed E-state index contributed by atoms with van der Waals surface area (Å²) in [6, 6.07) is 0. The van der Waals surface area contributed by atoms with Crippen molar-refractivity contribution in [2.24, 2.45) is 0 Å². The van der Waals surface area contributed by atoms with Gasteiger partial charge in [-0.1, -0.05) is 13.8 Å². The number of nitrogens with one attached hydrogen (secondary N) is 1. The van der Waals surface area contributed by atoms with Crippen LogP contribution in [0.15, 0.2) is 0 Å². The first-order valence-corrected chi connectivity index (χ1v) is 3.81. The Balaban J connectivity index is 0.000000371. The van der Waals surface area contributed by atoms with Gasteiger partial charge in [-0.15, -0.1) is 0 Å². The summed E-state index contributed by atoms with van der Waals surface area (Å²) in [5, 5.41) is 20.7. The van der Waals surface area contributed by atoms with Gasteiger partial charge in [0, 0.05) is 6.54 Å². The molecular weight excluding hydrogens is 130 g/mol. The Hall–Kier alpha value is -0.120. The van der Waals surface area contributed by atoms with Gasteiger partial charge in [-0.2, -0.15) is 0 Å². The molecule has 1 aliphatic heterocycles. The number of β-amino-alcohol motifs (C(OH)–C–C–N with tert-alkyl or cyclic N) is 1. The van der Waals surface area contributed by atoms with Crippen LogP contribution in [0.4, 0.5) is 0 Å². The molecule has 1 fully saturated rings. The number of aliphatic hydroxyl groups excluding tert-OH is 1. The molecule has 1 aliphatic rings. The third kappa shape index (κ3) is 2.64. The molecule has 1 saturated heterocycles. The molecule has 0 aromatic heterocycles. The van der Waals surface area contributed by atoms with Crippen molar-refractivity contribution in [3.05, 3.63) is 0 Å². The molecule has 1 heterocycles. The average Bonchev–Trinajstić information content (AvgIpc) is 2.42. The van der Waals surface area contributed by atoms with E-state index in [1.165, 1.54) is 0 Å². The van der Waals surface area contributed by atoms with Crippen molar-refractivity contribution in [3.63, 3.8) is 0 Å². The highest BCUT2D eigenvalue weighted by Gasteiger charge is 2.29. The first kappa shape index (κ1) is 9.88. The van der Waals surface area contributed by atoms with E-state index in [2.05, 4.69) is 5.32 Å². The minimum atomic E-state index is -0.819. The highest BCUT2D eigenvalue weighted by Crippen LogP contribution is 2.11. The Morgan fingerprint density at radius 1 is 1.50 bits per heavy atom. The molecule has 62 valence electrons. The maximum atomic E-state index is 9.19. The van der Waals surface area contributed by atoms with Crippen LogP contribution in [0.5, 0.6) is 0 Å². The molecular formula is C7H17NO2. The molecule has 0 aromatic carbocycles. The zero-order chi connectivity index (χ0) is 8.04. The van der Waals surface area contributed by atoms with Crippen LogP contribution in [-0.4, -0.2) is 35.5 Å². The molecule has 3 nitrogen and oxygen atoms in total. The van der Waals surface area contributed by atoms with Crippen LogP contribution in [0.2, 0.25) is 0 Å². The lowest BCUT2D eigenvalue weighted by Crippen LogP contribution is -2.35. The van der Waals surface area contributed by atoms with E-state index in [9.17, 15) is 5.11 Å². The Morgan fingerprint density at radius 3 is 2.30 bits per heavy atom. The van der Waals surface area contributed by atoms with Crippen LogP contribution < -0.4 is 5.32 Å². The second-order valence-electron chi connectivity index (χ2n) is 2.31. The summed E-state index contributed by atoms with van der Waals surface area (Å²) in [5.41, 5.74) is -0.819. The second kappa shape index (κ2) is 4.66. The molecule has 0 aromatic rings. The number of aliphatic hydroxyl groups is 2. The Bertz CT molecular complexity index is 79.7. The summed E-state index contributed by atoms with van der Waals surface area (Å²) in [7, 11) is 0. The van der Waals surface area contributed by atoms with Crippen molar-refractivity contribution >= 4 is 0 Å². The Labute approximate surface area is 62.1 Å². The molecule has 3 heteroatoms. The summed E-state index contributed by atoms with van der Waals surface area (Å²) in [5.74, 6) is 0. The van der Waals surface area contributed by atoms with Crippen molar-refractivity contribution < 1.29 is 10.2 Å². The molecule has 1 unspecified atom stereocenters. The standard InChI is InChI=1S/C5H11NO2.C2H6/c7-4-5(8)1-2-6-3-5;1-2/h6-8H,1-4H2;1-2H3. The van der Waals surface area contributed by atoms with Gasteiger partial charge in [0.15, 0.2) is 0 Å². The Kier molecular flexibility index (Phi) is 4.60. The van der Waals surface area contributed by atoms with E-state index in [4.69, 9.17) is 5.11 Å². The topological polar surface area (TPSA) is 52.5 Å². The smallest absolute Gasteiger partial charge is 0.101 e. The van der Waals surface area contributed by atoms with E-state index in [1.807, 2.05) is 13.8 Å². The third-order valence-electron chi connectivity index (χ3n) is 1.52. The fourth-order valence-corrected chi connectivity index (χ4v) is 0.865. The van der Waals surface area contributed by atoms with Crippen LogP contribution in [0.1, 0.15) is 20.3 Å². The van der Waals surface area contributed by atoms with E-state index in [-0.39, 0.29) is 6.61 Å². The van der Waals surface area contributed by atoms with E-state index in [0.29, 0.717) is 13.0 Å². The van der Waals surface area contributed by atoms with Crippen LogP contribution in [-0.2, 0) is 0 Å². The van der Waals surface area contributed by atoms with Crippen molar-refractivity contribution in [1.82, 2.24) is 5.32 Å². The van der Waals surface area contributed by atoms with Gasteiger partial charge in [0.2, 0.25) is 0 Å². The van der Waals surface area contributed by atoms with Crippen molar-refractivity contribution in [3.8, 4) is 0 Å². The van der Waals surface area contributed by atoms with Gasteiger partial charge in [0.25, 0.3) is 0 Å². The van der Waals surface area contributed by atoms with E-state index in [1.54, 1.807) is 0 Å². The lowest BCUT2D eigenvalue weighted by Gasteiger charge is -2.16. The number of hydrogen-bond donors (Lipinski definition) is 3. The SMILES string of the molecule is CC.OCC1(O)CCNC1. The molecule has 0 saturated carbocycles. The first-order chi connectivity index (χ1) is 4.77. The normalized spacial score (nSPS) is 31.2. The van der Waals surface area contributed by atoms with Gasteiger partial charge in [-0.3, -0.25) is 0 Å². The molecule has 3 N–H and O–H groups in total. The maximum Gasteiger partial charge on any atom is 0.101 e. The highest BCUT2D eigenvalue weighted by molar-refractivity contribution is 4.86. The predicted octanol–water partition coefficient (Wildman–Crippen LogP) is -0.271. The zero-order valence-corrected chi connectivity index (χ0v) is 6.72. The minimum absolute atomic E-state index is 0.125. The molecule has 0 spiro atoms. The predicted molar refractivity (Wildman–Crippen MR) is 40.9 cm³/mol. The summed E-state index contributed by atoms with van der Waals surface area (Å²) in [4.78, 5) is 0. The number of rotatable bonds is 1. The summed E-state index contributed by atoms with van der Waals surface area (Å²) >= 11 is 0. The van der Waals surface area contributed by atoms with Gasteiger partial charge in [-0.25, -0.2) is 0 Å². The average molecular weight is 147 g/mol. The van der Waals surface area contributed by atoms with Crippen molar-refractivity contribution in [2.45, 2.75) is 25.9 Å². The van der Waals surface area contributed by atoms with Crippen molar-refractivity contribution in [2.75, 3.05) is 19.7 Å². The third-order valence-corrected chi connectivity index (χ3v) is 1.52.